The van der Waals surface area contributed by atoms with Gasteiger partial charge in [0.2, 0.25) is 5.95 Å². The molecule has 6 heteroatoms. The molecule has 4 heterocycles. The summed E-state index contributed by atoms with van der Waals surface area (Å²) >= 11 is 1.77. The zero-order valence-electron chi connectivity index (χ0n) is 10.7. The van der Waals surface area contributed by atoms with Crippen LogP contribution in [0.1, 0.15) is 17.3 Å². The fraction of sp³-hybridized carbons (Fsp3) is 0.214. The Balaban J connectivity index is 1.78. The molecule has 0 saturated carbocycles. The fourth-order valence-corrected chi connectivity index (χ4v) is 3.31. The molecule has 0 spiro atoms. The Morgan fingerprint density at radius 1 is 1.30 bits per heavy atom. The Labute approximate surface area is 120 Å². The summed E-state index contributed by atoms with van der Waals surface area (Å²) in [6.07, 6.45) is 4.58. The first-order valence-corrected chi connectivity index (χ1v) is 7.44. The van der Waals surface area contributed by atoms with Crippen molar-refractivity contribution < 1.29 is 0 Å². The molecule has 20 heavy (non-hydrogen) atoms. The second kappa shape index (κ2) is 4.72. The number of fused-ring (bicyclic) bond motifs is 1. The van der Waals surface area contributed by atoms with Crippen LogP contribution in [0.25, 0.3) is 11.4 Å². The van der Waals surface area contributed by atoms with Gasteiger partial charge in [-0.05, 0) is 30.0 Å². The maximum atomic E-state index is 4.67. The van der Waals surface area contributed by atoms with Gasteiger partial charge in [0.05, 0.1) is 6.04 Å². The molecule has 3 aromatic heterocycles. The first kappa shape index (κ1) is 11.6. The van der Waals surface area contributed by atoms with Crippen molar-refractivity contribution in [2.75, 3.05) is 11.9 Å². The predicted molar refractivity (Wildman–Crippen MR) is 78.8 cm³/mol. The molecule has 1 aliphatic heterocycles. The molecule has 3 aromatic rings. The predicted octanol–water partition coefficient (Wildman–Crippen LogP) is 2.81. The van der Waals surface area contributed by atoms with E-state index >= 15 is 0 Å². The van der Waals surface area contributed by atoms with E-state index in [0.717, 1.165) is 30.3 Å². The number of hydrogen-bond donors (Lipinski definition) is 1. The van der Waals surface area contributed by atoms with E-state index in [4.69, 9.17) is 0 Å². The Morgan fingerprint density at radius 3 is 3.10 bits per heavy atom. The summed E-state index contributed by atoms with van der Waals surface area (Å²) in [5.41, 5.74) is 0.945. The first-order valence-electron chi connectivity index (χ1n) is 6.56. The molecule has 0 aromatic carbocycles. The third kappa shape index (κ3) is 1.89. The molecule has 0 amide bonds. The Bertz CT molecular complexity index is 705. The molecule has 0 bridgehead atoms. The van der Waals surface area contributed by atoms with Crippen molar-refractivity contribution in [1.29, 1.82) is 0 Å². The lowest BCUT2D eigenvalue weighted by Gasteiger charge is -2.23. The minimum atomic E-state index is 0.282. The van der Waals surface area contributed by atoms with Gasteiger partial charge in [0.25, 0.3) is 0 Å². The van der Waals surface area contributed by atoms with Crippen LogP contribution in [0, 0.1) is 0 Å². The van der Waals surface area contributed by atoms with Crippen LogP contribution in [0.15, 0.2) is 42.0 Å². The first-order chi connectivity index (χ1) is 9.92. The van der Waals surface area contributed by atoms with E-state index in [9.17, 15) is 0 Å². The van der Waals surface area contributed by atoms with Crippen molar-refractivity contribution in [1.82, 2.24) is 19.7 Å². The highest BCUT2D eigenvalue weighted by atomic mass is 32.1. The molecule has 1 unspecified atom stereocenters. The maximum Gasteiger partial charge on any atom is 0.222 e. The van der Waals surface area contributed by atoms with Crippen LogP contribution < -0.4 is 5.32 Å². The van der Waals surface area contributed by atoms with Crippen molar-refractivity contribution in [3.63, 3.8) is 0 Å². The SMILES string of the molecule is c1cncc(-c2nc3n(n2)C(c2cccs2)CCN3)c1. The summed E-state index contributed by atoms with van der Waals surface area (Å²) in [5.74, 6) is 1.57. The standard InChI is InChI=1S/C14H13N5S/c1-3-10(9-15-6-1)13-17-14-16-7-5-11(19(14)18-13)12-4-2-8-20-12/h1-4,6,8-9,11H,5,7H2,(H,16,17,18). The third-order valence-electron chi connectivity index (χ3n) is 3.42. The molecule has 0 fully saturated rings. The van der Waals surface area contributed by atoms with Gasteiger partial charge in [-0.25, -0.2) is 4.68 Å². The van der Waals surface area contributed by atoms with Gasteiger partial charge >= 0.3 is 0 Å². The van der Waals surface area contributed by atoms with Crippen molar-refractivity contribution in [3.05, 3.63) is 46.9 Å². The number of thiophene rings is 1. The molecular formula is C14H13N5S. The number of aromatic nitrogens is 4. The Kier molecular flexibility index (Phi) is 2.74. The van der Waals surface area contributed by atoms with Crippen LogP contribution in [0.2, 0.25) is 0 Å². The summed E-state index contributed by atoms with van der Waals surface area (Å²) in [6, 6.07) is 8.41. The molecular weight excluding hydrogens is 270 g/mol. The van der Waals surface area contributed by atoms with Crippen molar-refractivity contribution in [2.24, 2.45) is 0 Å². The van der Waals surface area contributed by atoms with E-state index in [1.165, 1.54) is 4.88 Å². The van der Waals surface area contributed by atoms with Crippen LogP contribution >= 0.6 is 11.3 Å². The maximum absolute atomic E-state index is 4.67. The van der Waals surface area contributed by atoms with Crippen LogP contribution in [-0.2, 0) is 0 Å². The van der Waals surface area contributed by atoms with Gasteiger partial charge in [0.15, 0.2) is 5.82 Å². The van der Waals surface area contributed by atoms with Crippen molar-refractivity contribution >= 4 is 17.3 Å². The number of hydrogen-bond acceptors (Lipinski definition) is 5. The lowest BCUT2D eigenvalue weighted by atomic mass is 10.1. The molecule has 1 N–H and O–H groups in total. The lowest BCUT2D eigenvalue weighted by molar-refractivity contribution is 0.488. The van der Waals surface area contributed by atoms with E-state index in [0.29, 0.717) is 0 Å². The highest BCUT2D eigenvalue weighted by Gasteiger charge is 2.25. The minimum absolute atomic E-state index is 0.282. The number of pyridine rings is 1. The molecule has 0 saturated heterocycles. The number of rotatable bonds is 2. The van der Waals surface area contributed by atoms with Gasteiger partial charge < -0.3 is 5.32 Å². The molecule has 1 atom stereocenters. The third-order valence-corrected chi connectivity index (χ3v) is 4.39. The second-order valence-electron chi connectivity index (χ2n) is 4.69. The molecule has 0 radical (unpaired) electrons. The number of nitrogens with zero attached hydrogens (tertiary/aromatic N) is 4. The number of anilines is 1. The van der Waals surface area contributed by atoms with E-state index in [1.807, 2.05) is 16.8 Å². The van der Waals surface area contributed by atoms with Crippen LogP contribution in [-0.4, -0.2) is 26.3 Å². The van der Waals surface area contributed by atoms with Gasteiger partial charge in [-0.2, -0.15) is 4.98 Å². The van der Waals surface area contributed by atoms with Gasteiger partial charge in [-0.3, -0.25) is 4.98 Å². The summed E-state index contributed by atoms with van der Waals surface area (Å²) < 4.78 is 2.00. The lowest BCUT2D eigenvalue weighted by Crippen LogP contribution is -2.24. The van der Waals surface area contributed by atoms with Crippen molar-refractivity contribution in [2.45, 2.75) is 12.5 Å². The zero-order valence-corrected chi connectivity index (χ0v) is 11.5. The zero-order chi connectivity index (χ0) is 13.4. The van der Waals surface area contributed by atoms with Gasteiger partial charge in [-0.1, -0.05) is 6.07 Å². The van der Waals surface area contributed by atoms with E-state index in [-0.39, 0.29) is 6.04 Å². The van der Waals surface area contributed by atoms with Crippen LogP contribution in [0.3, 0.4) is 0 Å². The van der Waals surface area contributed by atoms with Crippen molar-refractivity contribution in [3.8, 4) is 11.4 Å². The van der Waals surface area contributed by atoms with Gasteiger partial charge in [0.1, 0.15) is 0 Å². The van der Waals surface area contributed by atoms with Gasteiger partial charge in [-0.15, -0.1) is 16.4 Å². The largest absolute Gasteiger partial charge is 0.354 e. The summed E-state index contributed by atoms with van der Waals surface area (Å²) in [4.78, 5) is 10.0. The normalized spacial score (nSPS) is 17.5. The molecule has 5 nitrogen and oxygen atoms in total. The summed E-state index contributed by atoms with van der Waals surface area (Å²) in [6.45, 7) is 0.924. The molecule has 1 aliphatic rings. The average molecular weight is 283 g/mol. The quantitative estimate of drug-likeness (QED) is 0.785. The fourth-order valence-electron chi connectivity index (χ4n) is 2.47. The van der Waals surface area contributed by atoms with Crippen LogP contribution in [0.5, 0.6) is 0 Å². The molecule has 100 valence electrons. The average Bonchev–Trinajstić information content (AvgIpc) is 3.17. The van der Waals surface area contributed by atoms with E-state index < -0.39 is 0 Å². The Morgan fingerprint density at radius 2 is 2.30 bits per heavy atom. The highest BCUT2D eigenvalue weighted by Crippen LogP contribution is 2.32. The second-order valence-corrected chi connectivity index (χ2v) is 5.67. The monoisotopic (exact) mass is 283 g/mol. The van der Waals surface area contributed by atoms with Crippen LogP contribution in [0.4, 0.5) is 5.95 Å². The summed E-state index contributed by atoms with van der Waals surface area (Å²) in [5, 5.41) is 10.1. The molecule has 0 aliphatic carbocycles. The Hall–Kier alpha value is -2.21. The van der Waals surface area contributed by atoms with Gasteiger partial charge in [0, 0.05) is 29.4 Å². The molecule has 4 rings (SSSR count). The summed E-state index contributed by atoms with van der Waals surface area (Å²) in [7, 11) is 0. The van der Waals surface area contributed by atoms with E-state index in [1.54, 1.807) is 23.7 Å². The minimum Gasteiger partial charge on any atom is -0.354 e. The topological polar surface area (TPSA) is 55.6 Å². The smallest absolute Gasteiger partial charge is 0.222 e. The number of nitrogens with one attached hydrogen (secondary N) is 1. The highest BCUT2D eigenvalue weighted by molar-refractivity contribution is 7.10. The van der Waals surface area contributed by atoms with E-state index in [2.05, 4.69) is 37.9 Å².